The van der Waals surface area contributed by atoms with Gasteiger partial charge < -0.3 is 5.32 Å². The maximum Gasteiger partial charge on any atom is 0.248 e. The summed E-state index contributed by atoms with van der Waals surface area (Å²) in [5.41, 5.74) is 8.15. The van der Waals surface area contributed by atoms with Crippen LogP contribution in [-0.2, 0) is 4.79 Å². The minimum absolute atomic E-state index is 0.172. The highest BCUT2D eigenvalue weighted by Crippen LogP contribution is 2.18. The number of carbonyl (C=O) groups is 1. The zero-order valence-corrected chi connectivity index (χ0v) is 16.2. The molecule has 138 valence electrons. The normalized spacial score (nSPS) is 10.3. The number of hydrogen-bond acceptors (Lipinski definition) is 5. The van der Waals surface area contributed by atoms with Crippen LogP contribution in [0.5, 0.6) is 0 Å². The van der Waals surface area contributed by atoms with Gasteiger partial charge in [-0.2, -0.15) is 0 Å². The number of rotatable bonds is 5. The number of anilines is 1. The monoisotopic (exact) mass is 398 g/mol. The molecule has 3 rings (SSSR count). The van der Waals surface area contributed by atoms with Crippen molar-refractivity contribution in [3.05, 3.63) is 66.5 Å². The number of thioether (sulfide) groups is 1. The van der Waals surface area contributed by atoms with Gasteiger partial charge in [0.05, 0.1) is 5.75 Å². The van der Waals surface area contributed by atoms with Gasteiger partial charge >= 0.3 is 0 Å². The van der Waals surface area contributed by atoms with Crippen molar-refractivity contribution in [1.29, 1.82) is 0 Å². The van der Waals surface area contributed by atoms with Gasteiger partial charge in [-0.1, -0.05) is 48.2 Å². The summed E-state index contributed by atoms with van der Waals surface area (Å²) in [5, 5.41) is 12.0. The maximum atomic E-state index is 12.1. The van der Waals surface area contributed by atoms with E-state index in [4.69, 9.17) is 12.2 Å². The van der Waals surface area contributed by atoms with Crippen LogP contribution in [0.3, 0.4) is 0 Å². The van der Waals surface area contributed by atoms with Crippen LogP contribution in [0.15, 0.2) is 66.1 Å². The average molecular weight is 399 g/mol. The molecular formula is C18H18N6OS2. The van der Waals surface area contributed by atoms with Gasteiger partial charge in [0.15, 0.2) is 10.3 Å². The molecule has 2 aromatic carbocycles. The number of aromatic nitrogens is 3. The van der Waals surface area contributed by atoms with Gasteiger partial charge in [-0.25, -0.2) is 0 Å². The summed E-state index contributed by atoms with van der Waals surface area (Å²) in [6.45, 7) is 1.98. The standard InChI is InChI=1S/C18H18N6OS2/c1-13-7-5-6-10-15(13)20-17(26)22-21-16(25)11-27-18-23-19-12-24(18)14-8-3-2-4-9-14/h2-10,12H,11H2,1H3,(H,21,25)(H2,20,22,26). The summed E-state index contributed by atoms with van der Waals surface area (Å²) in [4.78, 5) is 12.1. The zero-order chi connectivity index (χ0) is 19.1. The predicted molar refractivity (Wildman–Crippen MR) is 111 cm³/mol. The molecule has 9 heteroatoms. The molecular weight excluding hydrogens is 380 g/mol. The molecule has 1 aromatic heterocycles. The zero-order valence-electron chi connectivity index (χ0n) is 14.5. The SMILES string of the molecule is Cc1ccccc1NC(=S)NNC(=O)CSc1nncn1-c1ccccc1. The first-order valence-electron chi connectivity index (χ1n) is 8.13. The molecule has 0 aliphatic carbocycles. The van der Waals surface area contributed by atoms with E-state index < -0.39 is 0 Å². The molecule has 3 aromatic rings. The lowest BCUT2D eigenvalue weighted by atomic mass is 10.2. The van der Waals surface area contributed by atoms with Crippen molar-refractivity contribution < 1.29 is 4.79 Å². The van der Waals surface area contributed by atoms with E-state index >= 15 is 0 Å². The Bertz CT molecular complexity index is 928. The van der Waals surface area contributed by atoms with Crippen LogP contribution in [0.2, 0.25) is 0 Å². The number of aryl methyl sites for hydroxylation is 1. The number of amides is 1. The second-order valence-corrected chi connectivity index (χ2v) is 6.90. The lowest BCUT2D eigenvalue weighted by Gasteiger charge is -2.13. The molecule has 0 unspecified atom stereocenters. The minimum atomic E-state index is -0.225. The molecule has 1 heterocycles. The first kappa shape index (κ1) is 18.9. The van der Waals surface area contributed by atoms with Gasteiger partial charge in [-0.15, -0.1) is 10.2 Å². The smallest absolute Gasteiger partial charge is 0.248 e. The van der Waals surface area contributed by atoms with Crippen LogP contribution in [0.1, 0.15) is 5.56 Å². The van der Waals surface area contributed by atoms with Gasteiger partial charge in [0.2, 0.25) is 5.91 Å². The molecule has 0 saturated carbocycles. The topological polar surface area (TPSA) is 83.9 Å². The second-order valence-electron chi connectivity index (χ2n) is 5.55. The van der Waals surface area contributed by atoms with E-state index in [0.717, 1.165) is 16.9 Å². The van der Waals surface area contributed by atoms with Crippen molar-refractivity contribution in [2.75, 3.05) is 11.1 Å². The van der Waals surface area contributed by atoms with Crippen molar-refractivity contribution >= 4 is 40.7 Å². The van der Waals surface area contributed by atoms with Crippen molar-refractivity contribution in [3.63, 3.8) is 0 Å². The Morgan fingerprint density at radius 1 is 1.11 bits per heavy atom. The average Bonchev–Trinajstić information content (AvgIpc) is 3.16. The van der Waals surface area contributed by atoms with Gasteiger partial charge in [0.1, 0.15) is 6.33 Å². The van der Waals surface area contributed by atoms with Crippen LogP contribution in [0, 0.1) is 6.92 Å². The van der Waals surface area contributed by atoms with E-state index in [0.29, 0.717) is 10.3 Å². The molecule has 3 N–H and O–H groups in total. The van der Waals surface area contributed by atoms with E-state index in [2.05, 4.69) is 26.4 Å². The molecule has 7 nitrogen and oxygen atoms in total. The van der Waals surface area contributed by atoms with E-state index in [1.807, 2.05) is 66.1 Å². The third-order valence-electron chi connectivity index (χ3n) is 3.59. The summed E-state index contributed by atoms with van der Waals surface area (Å²) < 4.78 is 1.83. The molecule has 0 spiro atoms. The van der Waals surface area contributed by atoms with Gasteiger partial charge in [0, 0.05) is 11.4 Å². The maximum absolute atomic E-state index is 12.1. The molecule has 0 aliphatic rings. The fraction of sp³-hybridized carbons (Fsp3) is 0.111. The van der Waals surface area contributed by atoms with E-state index in [1.54, 1.807) is 6.33 Å². The first-order chi connectivity index (χ1) is 13.1. The van der Waals surface area contributed by atoms with E-state index in [-0.39, 0.29) is 11.7 Å². The van der Waals surface area contributed by atoms with Crippen LogP contribution >= 0.6 is 24.0 Å². The number of nitrogens with one attached hydrogen (secondary N) is 3. The summed E-state index contributed by atoms with van der Waals surface area (Å²) in [7, 11) is 0. The van der Waals surface area contributed by atoms with Crippen molar-refractivity contribution in [1.82, 2.24) is 25.6 Å². The van der Waals surface area contributed by atoms with Gasteiger partial charge in [-0.3, -0.25) is 20.2 Å². The highest BCUT2D eigenvalue weighted by Gasteiger charge is 2.10. The van der Waals surface area contributed by atoms with Crippen LogP contribution < -0.4 is 16.2 Å². The summed E-state index contributed by atoms with van der Waals surface area (Å²) in [5.74, 6) is -0.0533. The highest BCUT2D eigenvalue weighted by molar-refractivity contribution is 7.99. The highest BCUT2D eigenvalue weighted by atomic mass is 32.2. The van der Waals surface area contributed by atoms with Crippen LogP contribution in [0.25, 0.3) is 5.69 Å². The third-order valence-corrected chi connectivity index (χ3v) is 4.74. The summed E-state index contributed by atoms with van der Waals surface area (Å²) in [6.07, 6.45) is 1.62. The quantitative estimate of drug-likeness (QED) is 0.346. The Labute approximate surface area is 166 Å². The van der Waals surface area contributed by atoms with Crippen molar-refractivity contribution in [2.24, 2.45) is 0 Å². The molecule has 27 heavy (non-hydrogen) atoms. The summed E-state index contributed by atoms with van der Waals surface area (Å²) in [6, 6.07) is 17.5. The van der Waals surface area contributed by atoms with E-state index in [1.165, 1.54) is 11.8 Å². The molecule has 0 saturated heterocycles. The minimum Gasteiger partial charge on any atom is -0.331 e. The molecule has 0 radical (unpaired) electrons. The fourth-order valence-electron chi connectivity index (χ4n) is 2.25. The number of carbonyl (C=O) groups excluding carboxylic acids is 1. The number of nitrogens with zero attached hydrogens (tertiary/aromatic N) is 3. The van der Waals surface area contributed by atoms with Crippen LogP contribution in [0.4, 0.5) is 5.69 Å². The Morgan fingerprint density at radius 2 is 1.85 bits per heavy atom. The third kappa shape index (κ3) is 5.28. The molecule has 0 bridgehead atoms. The molecule has 1 amide bonds. The van der Waals surface area contributed by atoms with Crippen molar-refractivity contribution in [3.8, 4) is 5.69 Å². The number of benzene rings is 2. The van der Waals surface area contributed by atoms with Gasteiger partial charge in [-0.05, 0) is 42.9 Å². The van der Waals surface area contributed by atoms with Crippen molar-refractivity contribution in [2.45, 2.75) is 12.1 Å². The lowest BCUT2D eigenvalue weighted by Crippen LogP contribution is -2.44. The van der Waals surface area contributed by atoms with Gasteiger partial charge in [0.25, 0.3) is 0 Å². The largest absolute Gasteiger partial charge is 0.331 e. The number of para-hydroxylation sites is 2. The predicted octanol–water partition coefficient (Wildman–Crippen LogP) is 2.69. The Kier molecular flexibility index (Phi) is 6.39. The Balaban J connectivity index is 1.47. The lowest BCUT2D eigenvalue weighted by molar-refractivity contribution is -0.119. The number of thiocarbonyl (C=S) groups is 1. The van der Waals surface area contributed by atoms with Crippen LogP contribution in [-0.4, -0.2) is 31.5 Å². The first-order valence-corrected chi connectivity index (χ1v) is 9.52. The molecule has 0 fully saturated rings. The Hall–Kier alpha value is -2.91. The second kappa shape index (κ2) is 9.15. The molecule has 0 atom stereocenters. The molecule has 0 aliphatic heterocycles. The number of hydrazine groups is 1. The van der Waals surface area contributed by atoms with E-state index in [9.17, 15) is 4.79 Å². The summed E-state index contributed by atoms with van der Waals surface area (Å²) >= 11 is 6.48. The number of hydrogen-bond donors (Lipinski definition) is 3. The fourth-order valence-corrected chi connectivity index (χ4v) is 3.14. The Morgan fingerprint density at radius 3 is 2.63 bits per heavy atom.